The zero-order valence-electron chi connectivity index (χ0n) is 11.3. The number of anilines is 1. The van der Waals surface area contributed by atoms with E-state index >= 15 is 0 Å². The van der Waals surface area contributed by atoms with Crippen molar-refractivity contribution in [3.8, 4) is 0 Å². The lowest BCUT2D eigenvalue weighted by molar-refractivity contribution is 0.388. The number of nitrogens with one attached hydrogen (secondary N) is 2. The minimum absolute atomic E-state index is 0.196. The largest absolute Gasteiger partial charge is 0.377 e. The SMILES string of the molecule is CCNS(=O)(=O)c1ccccc1NCc1noc(C)n1. The fourth-order valence-electron chi connectivity index (χ4n) is 1.70. The van der Waals surface area contributed by atoms with Gasteiger partial charge < -0.3 is 9.84 Å². The van der Waals surface area contributed by atoms with E-state index in [4.69, 9.17) is 4.52 Å². The molecule has 0 radical (unpaired) electrons. The summed E-state index contributed by atoms with van der Waals surface area (Å²) in [7, 11) is -3.52. The normalized spacial score (nSPS) is 11.5. The van der Waals surface area contributed by atoms with E-state index in [1.165, 1.54) is 0 Å². The van der Waals surface area contributed by atoms with Crippen molar-refractivity contribution in [3.05, 3.63) is 36.0 Å². The van der Waals surface area contributed by atoms with Crippen molar-refractivity contribution in [1.29, 1.82) is 0 Å². The molecule has 0 aliphatic heterocycles. The molecule has 2 rings (SSSR count). The summed E-state index contributed by atoms with van der Waals surface area (Å²) in [4.78, 5) is 4.24. The topological polar surface area (TPSA) is 97.1 Å². The molecule has 7 nitrogen and oxygen atoms in total. The maximum atomic E-state index is 12.1. The number of rotatable bonds is 6. The highest BCUT2D eigenvalue weighted by Gasteiger charge is 2.17. The van der Waals surface area contributed by atoms with Gasteiger partial charge >= 0.3 is 0 Å². The van der Waals surface area contributed by atoms with Crippen LogP contribution >= 0.6 is 0 Å². The predicted molar refractivity (Wildman–Crippen MR) is 73.7 cm³/mol. The van der Waals surface area contributed by atoms with Gasteiger partial charge in [0.05, 0.1) is 12.2 Å². The quantitative estimate of drug-likeness (QED) is 0.833. The first kappa shape index (κ1) is 14.5. The minimum Gasteiger partial charge on any atom is -0.377 e. The molecule has 0 atom stereocenters. The van der Waals surface area contributed by atoms with Gasteiger partial charge in [0.1, 0.15) is 4.90 Å². The second-order valence-corrected chi connectivity index (χ2v) is 5.82. The summed E-state index contributed by atoms with van der Waals surface area (Å²) in [5.41, 5.74) is 0.496. The van der Waals surface area contributed by atoms with Gasteiger partial charge in [-0.3, -0.25) is 0 Å². The fourth-order valence-corrected chi connectivity index (χ4v) is 2.93. The molecule has 0 spiro atoms. The first-order valence-corrected chi connectivity index (χ1v) is 7.63. The van der Waals surface area contributed by atoms with Crippen LogP contribution in [0.1, 0.15) is 18.6 Å². The Balaban J connectivity index is 2.20. The van der Waals surface area contributed by atoms with Crippen molar-refractivity contribution in [3.63, 3.8) is 0 Å². The Morgan fingerprint density at radius 3 is 2.70 bits per heavy atom. The van der Waals surface area contributed by atoms with Gasteiger partial charge in [-0.05, 0) is 12.1 Å². The summed E-state index contributed by atoms with van der Waals surface area (Å²) in [5, 5.41) is 6.75. The number of para-hydroxylation sites is 1. The zero-order valence-corrected chi connectivity index (χ0v) is 12.1. The van der Waals surface area contributed by atoms with E-state index in [0.29, 0.717) is 23.9 Å². The molecule has 0 aliphatic rings. The molecule has 0 amide bonds. The summed E-state index contributed by atoms with van der Waals surface area (Å²) < 4.78 is 31.5. The summed E-state index contributed by atoms with van der Waals surface area (Å²) in [5.74, 6) is 0.938. The molecular formula is C12H16N4O3S. The molecule has 2 aromatic rings. The van der Waals surface area contributed by atoms with Crippen LogP contribution in [0.25, 0.3) is 0 Å². The van der Waals surface area contributed by atoms with E-state index in [1.807, 2.05) is 0 Å². The number of benzene rings is 1. The number of hydrogen-bond donors (Lipinski definition) is 2. The highest BCUT2D eigenvalue weighted by Crippen LogP contribution is 2.20. The highest BCUT2D eigenvalue weighted by atomic mass is 32.2. The van der Waals surface area contributed by atoms with Gasteiger partial charge in [0.25, 0.3) is 0 Å². The van der Waals surface area contributed by atoms with E-state index in [1.54, 1.807) is 38.1 Å². The lowest BCUT2D eigenvalue weighted by Crippen LogP contribution is -2.24. The van der Waals surface area contributed by atoms with Crippen molar-refractivity contribution in [2.75, 3.05) is 11.9 Å². The van der Waals surface area contributed by atoms with Crippen molar-refractivity contribution >= 4 is 15.7 Å². The Labute approximate surface area is 117 Å². The molecule has 1 heterocycles. The molecule has 0 saturated heterocycles. The van der Waals surface area contributed by atoms with Gasteiger partial charge in [-0.1, -0.05) is 24.2 Å². The van der Waals surface area contributed by atoms with Crippen LogP contribution in [0.3, 0.4) is 0 Å². The lowest BCUT2D eigenvalue weighted by atomic mass is 10.3. The lowest BCUT2D eigenvalue weighted by Gasteiger charge is -2.11. The maximum absolute atomic E-state index is 12.1. The fraction of sp³-hybridized carbons (Fsp3) is 0.333. The molecule has 1 aromatic heterocycles. The summed E-state index contributed by atoms with van der Waals surface area (Å²) in [6.07, 6.45) is 0. The summed E-state index contributed by atoms with van der Waals surface area (Å²) >= 11 is 0. The molecule has 0 bridgehead atoms. The first-order valence-electron chi connectivity index (χ1n) is 6.14. The van der Waals surface area contributed by atoms with Gasteiger partial charge in [0, 0.05) is 13.5 Å². The van der Waals surface area contributed by atoms with E-state index in [2.05, 4.69) is 20.2 Å². The van der Waals surface area contributed by atoms with Crippen LogP contribution in [-0.4, -0.2) is 25.1 Å². The van der Waals surface area contributed by atoms with E-state index in [9.17, 15) is 8.42 Å². The maximum Gasteiger partial charge on any atom is 0.242 e. The molecule has 108 valence electrons. The molecule has 0 aliphatic carbocycles. The van der Waals surface area contributed by atoms with E-state index in [-0.39, 0.29) is 11.4 Å². The van der Waals surface area contributed by atoms with Gasteiger partial charge in [-0.15, -0.1) is 0 Å². The third-order valence-corrected chi connectivity index (χ3v) is 4.12. The van der Waals surface area contributed by atoms with Crippen LogP contribution in [0.5, 0.6) is 0 Å². The number of sulfonamides is 1. The highest BCUT2D eigenvalue weighted by molar-refractivity contribution is 7.89. The smallest absolute Gasteiger partial charge is 0.242 e. The van der Waals surface area contributed by atoms with Gasteiger partial charge in [0.15, 0.2) is 5.82 Å². The minimum atomic E-state index is -3.52. The molecule has 0 fully saturated rings. The first-order chi connectivity index (χ1) is 9.53. The van der Waals surface area contributed by atoms with Crippen LogP contribution < -0.4 is 10.0 Å². The molecule has 0 unspecified atom stereocenters. The zero-order chi connectivity index (χ0) is 14.6. The van der Waals surface area contributed by atoms with Crippen LogP contribution in [0.4, 0.5) is 5.69 Å². The second kappa shape index (κ2) is 6.02. The number of hydrogen-bond acceptors (Lipinski definition) is 6. The van der Waals surface area contributed by atoms with Crippen LogP contribution in [-0.2, 0) is 16.6 Å². The molecular weight excluding hydrogens is 280 g/mol. The van der Waals surface area contributed by atoms with Crippen molar-refractivity contribution in [1.82, 2.24) is 14.9 Å². The van der Waals surface area contributed by atoms with E-state index in [0.717, 1.165) is 0 Å². The molecule has 8 heteroatoms. The Kier molecular flexibility index (Phi) is 4.35. The average Bonchev–Trinajstić information content (AvgIpc) is 2.82. The van der Waals surface area contributed by atoms with Gasteiger partial charge in [-0.25, -0.2) is 13.1 Å². The summed E-state index contributed by atoms with van der Waals surface area (Å²) in [6, 6.07) is 6.67. The van der Waals surface area contributed by atoms with Crippen LogP contribution in [0.15, 0.2) is 33.7 Å². The Hall–Kier alpha value is -1.93. The Morgan fingerprint density at radius 1 is 1.30 bits per heavy atom. The van der Waals surface area contributed by atoms with Crippen molar-refractivity contribution < 1.29 is 12.9 Å². The number of aromatic nitrogens is 2. The second-order valence-electron chi connectivity index (χ2n) is 4.08. The third-order valence-electron chi connectivity index (χ3n) is 2.52. The Morgan fingerprint density at radius 2 is 2.05 bits per heavy atom. The van der Waals surface area contributed by atoms with Crippen molar-refractivity contribution in [2.24, 2.45) is 0 Å². The number of aryl methyl sites for hydroxylation is 1. The average molecular weight is 296 g/mol. The Bertz CT molecular complexity index is 682. The van der Waals surface area contributed by atoms with Crippen LogP contribution in [0.2, 0.25) is 0 Å². The predicted octanol–water partition coefficient (Wildman–Crippen LogP) is 1.29. The monoisotopic (exact) mass is 296 g/mol. The molecule has 2 N–H and O–H groups in total. The molecule has 0 saturated carbocycles. The van der Waals surface area contributed by atoms with Crippen molar-refractivity contribution in [2.45, 2.75) is 25.3 Å². The van der Waals surface area contributed by atoms with Crippen LogP contribution in [0, 0.1) is 6.92 Å². The third kappa shape index (κ3) is 3.34. The molecule has 20 heavy (non-hydrogen) atoms. The number of nitrogens with zero attached hydrogens (tertiary/aromatic N) is 2. The van der Waals surface area contributed by atoms with Gasteiger partial charge in [-0.2, -0.15) is 4.98 Å². The van der Waals surface area contributed by atoms with Gasteiger partial charge in [0.2, 0.25) is 15.9 Å². The molecule has 1 aromatic carbocycles. The summed E-state index contributed by atoms with van der Waals surface area (Å²) in [6.45, 7) is 4.05. The standard InChI is InChI=1S/C12H16N4O3S/c1-3-14-20(17,18)11-7-5-4-6-10(11)13-8-12-15-9(2)19-16-12/h4-7,13-14H,3,8H2,1-2H3. The van der Waals surface area contributed by atoms with E-state index < -0.39 is 10.0 Å².